The third-order valence-electron chi connectivity index (χ3n) is 3.64. The van der Waals surface area contributed by atoms with Crippen LogP contribution in [0.5, 0.6) is 5.75 Å². The topological polar surface area (TPSA) is 21.3 Å². The molecular formula is C15H23NO. The molecule has 0 spiro atoms. The van der Waals surface area contributed by atoms with Crippen molar-refractivity contribution in [1.29, 1.82) is 0 Å². The SMILES string of the molecule is CNCCC1CCC(Oc2ccccc2)CC1. The van der Waals surface area contributed by atoms with E-state index in [1.807, 2.05) is 37.4 Å². The Morgan fingerprint density at radius 1 is 1.12 bits per heavy atom. The van der Waals surface area contributed by atoms with Crippen molar-refractivity contribution in [2.75, 3.05) is 13.6 Å². The molecule has 1 saturated carbocycles. The standard InChI is InChI=1S/C15H23NO/c1-16-12-11-13-7-9-15(10-8-13)17-14-5-3-2-4-6-14/h2-6,13,15-16H,7-12H2,1H3. The van der Waals surface area contributed by atoms with Crippen molar-refractivity contribution in [3.05, 3.63) is 30.3 Å². The van der Waals surface area contributed by atoms with Gasteiger partial charge in [-0.3, -0.25) is 0 Å². The van der Waals surface area contributed by atoms with Crippen LogP contribution in [0.15, 0.2) is 30.3 Å². The first-order valence-corrected chi connectivity index (χ1v) is 6.75. The first-order valence-electron chi connectivity index (χ1n) is 6.75. The Bertz CT molecular complexity index is 304. The molecule has 2 nitrogen and oxygen atoms in total. The molecule has 0 aromatic heterocycles. The van der Waals surface area contributed by atoms with E-state index in [-0.39, 0.29) is 0 Å². The summed E-state index contributed by atoms with van der Waals surface area (Å²) in [5.74, 6) is 1.92. The molecular weight excluding hydrogens is 210 g/mol. The van der Waals surface area contributed by atoms with Crippen LogP contribution in [-0.4, -0.2) is 19.7 Å². The van der Waals surface area contributed by atoms with E-state index in [4.69, 9.17) is 4.74 Å². The summed E-state index contributed by atoms with van der Waals surface area (Å²) in [6.45, 7) is 1.15. The lowest BCUT2D eigenvalue weighted by atomic mass is 9.85. The van der Waals surface area contributed by atoms with E-state index in [2.05, 4.69) is 5.32 Å². The zero-order valence-electron chi connectivity index (χ0n) is 10.7. The van der Waals surface area contributed by atoms with Gasteiger partial charge in [0.05, 0.1) is 6.10 Å². The van der Waals surface area contributed by atoms with Crippen LogP contribution in [0.4, 0.5) is 0 Å². The Kier molecular flexibility index (Phi) is 4.87. The Labute approximate surface area is 104 Å². The first-order chi connectivity index (χ1) is 8.38. The number of hydrogen-bond acceptors (Lipinski definition) is 2. The van der Waals surface area contributed by atoms with Crippen molar-refractivity contribution < 1.29 is 4.74 Å². The third-order valence-corrected chi connectivity index (χ3v) is 3.64. The van der Waals surface area contributed by atoms with Crippen LogP contribution in [0, 0.1) is 5.92 Å². The number of hydrogen-bond donors (Lipinski definition) is 1. The van der Waals surface area contributed by atoms with Gasteiger partial charge in [-0.05, 0) is 63.7 Å². The average molecular weight is 233 g/mol. The highest BCUT2D eigenvalue weighted by Crippen LogP contribution is 2.29. The Hall–Kier alpha value is -1.02. The second-order valence-corrected chi connectivity index (χ2v) is 4.97. The summed E-state index contributed by atoms with van der Waals surface area (Å²) in [5, 5.41) is 3.23. The summed E-state index contributed by atoms with van der Waals surface area (Å²) in [5.41, 5.74) is 0. The lowest BCUT2D eigenvalue weighted by Crippen LogP contribution is -2.25. The van der Waals surface area contributed by atoms with Gasteiger partial charge in [0.2, 0.25) is 0 Å². The molecule has 1 aromatic carbocycles. The summed E-state index contributed by atoms with van der Waals surface area (Å²) in [7, 11) is 2.03. The van der Waals surface area contributed by atoms with Gasteiger partial charge in [0, 0.05) is 0 Å². The number of para-hydroxylation sites is 1. The van der Waals surface area contributed by atoms with Gasteiger partial charge in [0.25, 0.3) is 0 Å². The van der Waals surface area contributed by atoms with Crippen molar-refractivity contribution in [3.8, 4) is 5.75 Å². The maximum atomic E-state index is 5.99. The summed E-state index contributed by atoms with van der Waals surface area (Å²) in [4.78, 5) is 0. The fourth-order valence-electron chi connectivity index (χ4n) is 2.58. The molecule has 17 heavy (non-hydrogen) atoms. The van der Waals surface area contributed by atoms with Crippen LogP contribution in [0.2, 0.25) is 0 Å². The molecule has 94 valence electrons. The van der Waals surface area contributed by atoms with Gasteiger partial charge in [-0.2, -0.15) is 0 Å². The van der Waals surface area contributed by atoms with Gasteiger partial charge < -0.3 is 10.1 Å². The fourth-order valence-corrected chi connectivity index (χ4v) is 2.58. The van der Waals surface area contributed by atoms with Crippen molar-refractivity contribution in [2.45, 2.75) is 38.2 Å². The smallest absolute Gasteiger partial charge is 0.119 e. The molecule has 0 aliphatic heterocycles. The van der Waals surface area contributed by atoms with E-state index >= 15 is 0 Å². The maximum Gasteiger partial charge on any atom is 0.119 e. The number of benzene rings is 1. The van der Waals surface area contributed by atoms with Gasteiger partial charge in [-0.1, -0.05) is 18.2 Å². The minimum absolute atomic E-state index is 0.434. The summed E-state index contributed by atoms with van der Waals surface area (Å²) < 4.78 is 5.99. The third kappa shape index (κ3) is 4.04. The Morgan fingerprint density at radius 3 is 2.47 bits per heavy atom. The predicted octanol–water partition coefficient (Wildman–Crippen LogP) is 3.23. The van der Waals surface area contributed by atoms with Crippen molar-refractivity contribution >= 4 is 0 Å². The van der Waals surface area contributed by atoms with E-state index < -0.39 is 0 Å². The molecule has 1 fully saturated rings. The highest BCUT2D eigenvalue weighted by atomic mass is 16.5. The molecule has 0 radical (unpaired) electrons. The minimum atomic E-state index is 0.434. The van der Waals surface area contributed by atoms with Gasteiger partial charge in [-0.25, -0.2) is 0 Å². The zero-order chi connectivity index (χ0) is 11.9. The summed E-state index contributed by atoms with van der Waals surface area (Å²) >= 11 is 0. The molecule has 1 N–H and O–H groups in total. The Balaban J connectivity index is 1.72. The molecule has 0 saturated heterocycles. The average Bonchev–Trinajstić information content (AvgIpc) is 2.39. The van der Waals surface area contributed by atoms with Crippen LogP contribution in [0.1, 0.15) is 32.1 Å². The lowest BCUT2D eigenvalue weighted by molar-refractivity contribution is 0.128. The number of ether oxygens (including phenoxy) is 1. The molecule has 0 atom stereocenters. The number of rotatable bonds is 5. The fraction of sp³-hybridized carbons (Fsp3) is 0.600. The maximum absolute atomic E-state index is 5.99. The molecule has 2 rings (SSSR count). The predicted molar refractivity (Wildman–Crippen MR) is 71.4 cm³/mol. The normalized spacial score (nSPS) is 24.5. The second kappa shape index (κ2) is 6.65. The van der Waals surface area contributed by atoms with Crippen LogP contribution >= 0.6 is 0 Å². The molecule has 2 heteroatoms. The zero-order valence-corrected chi connectivity index (χ0v) is 10.7. The molecule has 1 aliphatic carbocycles. The molecule has 0 amide bonds. The molecule has 0 unspecified atom stereocenters. The van der Waals surface area contributed by atoms with E-state index in [0.717, 1.165) is 18.2 Å². The molecule has 0 bridgehead atoms. The number of nitrogens with one attached hydrogen (secondary N) is 1. The van der Waals surface area contributed by atoms with Crippen LogP contribution in [-0.2, 0) is 0 Å². The van der Waals surface area contributed by atoms with Crippen molar-refractivity contribution in [2.24, 2.45) is 5.92 Å². The molecule has 1 aromatic rings. The molecule has 0 heterocycles. The van der Waals surface area contributed by atoms with E-state index in [1.54, 1.807) is 0 Å². The quantitative estimate of drug-likeness (QED) is 0.843. The van der Waals surface area contributed by atoms with Gasteiger partial charge >= 0.3 is 0 Å². The molecule has 1 aliphatic rings. The van der Waals surface area contributed by atoms with Crippen LogP contribution < -0.4 is 10.1 Å². The second-order valence-electron chi connectivity index (χ2n) is 4.97. The monoisotopic (exact) mass is 233 g/mol. The summed E-state index contributed by atoms with van der Waals surface area (Å²) in [6, 6.07) is 10.2. The van der Waals surface area contributed by atoms with Crippen LogP contribution in [0.3, 0.4) is 0 Å². The van der Waals surface area contributed by atoms with Crippen LogP contribution in [0.25, 0.3) is 0 Å². The van der Waals surface area contributed by atoms with E-state index in [0.29, 0.717) is 6.10 Å². The first kappa shape index (κ1) is 12.4. The van der Waals surface area contributed by atoms with Gasteiger partial charge in [-0.15, -0.1) is 0 Å². The van der Waals surface area contributed by atoms with Crippen molar-refractivity contribution in [3.63, 3.8) is 0 Å². The minimum Gasteiger partial charge on any atom is -0.490 e. The highest BCUT2D eigenvalue weighted by molar-refractivity contribution is 5.21. The highest BCUT2D eigenvalue weighted by Gasteiger charge is 2.21. The van der Waals surface area contributed by atoms with E-state index in [9.17, 15) is 0 Å². The lowest BCUT2D eigenvalue weighted by Gasteiger charge is -2.29. The van der Waals surface area contributed by atoms with E-state index in [1.165, 1.54) is 32.1 Å². The van der Waals surface area contributed by atoms with Gasteiger partial charge in [0.1, 0.15) is 5.75 Å². The Morgan fingerprint density at radius 2 is 1.82 bits per heavy atom. The van der Waals surface area contributed by atoms with Crippen molar-refractivity contribution in [1.82, 2.24) is 5.32 Å². The van der Waals surface area contributed by atoms with Gasteiger partial charge in [0.15, 0.2) is 0 Å². The largest absolute Gasteiger partial charge is 0.490 e. The summed E-state index contributed by atoms with van der Waals surface area (Å²) in [6.07, 6.45) is 6.81.